The van der Waals surface area contributed by atoms with Crippen molar-refractivity contribution in [3.05, 3.63) is 47.4 Å². The number of halogens is 1. The van der Waals surface area contributed by atoms with E-state index >= 15 is 0 Å². The SMILES string of the molecule is CC(C)c1nnc(C2CCN(C(=O)Cc3ccc(F)cc3)CC2)o1. The Bertz CT molecular complexity index is 689. The largest absolute Gasteiger partial charge is 0.425 e. The Morgan fingerprint density at radius 2 is 1.92 bits per heavy atom. The first-order valence-electron chi connectivity index (χ1n) is 8.38. The second kappa shape index (κ2) is 7.11. The van der Waals surface area contributed by atoms with E-state index in [9.17, 15) is 9.18 Å². The molecule has 1 amide bonds. The van der Waals surface area contributed by atoms with Gasteiger partial charge in [0.25, 0.3) is 0 Å². The van der Waals surface area contributed by atoms with E-state index in [2.05, 4.69) is 10.2 Å². The summed E-state index contributed by atoms with van der Waals surface area (Å²) in [5, 5.41) is 8.23. The zero-order valence-corrected chi connectivity index (χ0v) is 14.0. The summed E-state index contributed by atoms with van der Waals surface area (Å²) in [6, 6.07) is 6.09. The molecule has 1 aromatic carbocycles. The molecular weight excluding hydrogens is 309 g/mol. The van der Waals surface area contributed by atoms with Crippen LogP contribution in [-0.2, 0) is 11.2 Å². The molecule has 2 aromatic rings. The van der Waals surface area contributed by atoms with E-state index in [1.807, 2.05) is 18.7 Å². The van der Waals surface area contributed by atoms with Crippen molar-refractivity contribution >= 4 is 5.91 Å². The van der Waals surface area contributed by atoms with Crippen LogP contribution in [0.3, 0.4) is 0 Å². The van der Waals surface area contributed by atoms with E-state index in [1.165, 1.54) is 12.1 Å². The normalized spacial score (nSPS) is 15.9. The Hall–Kier alpha value is -2.24. The fourth-order valence-corrected chi connectivity index (χ4v) is 2.91. The maximum atomic E-state index is 12.9. The lowest BCUT2D eigenvalue weighted by molar-refractivity contribution is -0.131. The molecular formula is C18H22FN3O2. The minimum Gasteiger partial charge on any atom is -0.425 e. The third-order valence-corrected chi connectivity index (χ3v) is 4.42. The molecule has 1 aliphatic heterocycles. The Balaban J connectivity index is 1.54. The van der Waals surface area contributed by atoms with Gasteiger partial charge in [0.1, 0.15) is 5.82 Å². The summed E-state index contributed by atoms with van der Waals surface area (Å²) in [4.78, 5) is 14.2. The van der Waals surface area contributed by atoms with Gasteiger partial charge in [-0.25, -0.2) is 4.39 Å². The van der Waals surface area contributed by atoms with Gasteiger partial charge in [0.05, 0.1) is 6.42 Å². The van der Waals surface area contributed by atoms with Crippen LogP contribution in [0.25, 0.3) is 0 Å². The fourth-order valence-electron chi connectivity index (χ4n) is 2.91. The molecule has 0 N–H and O–H groups in total. The summed E-state index contributed by atoms with van der Waals surface area (Å²) >= 11 is 0. The number of amides is 1. The van der Waals surface area contributed by atoms with E-state index in [-0.39, 0.29) is 23.6 Å². The minimum absolute atomic E-state index is 0.0773. The summed E-state index contributed by atoms with van der Waals surface area (Å²) in [5.74, 6) is 1.59. The van der Waals surface area contributed by atoms with Crippen LogP contribution >= 0.6 is 0 Å². The number of carbonyl (C=O) groups is 1. The van der Waals surface area contributed by atoms with Crippen LogP contribution in [-0.4, -0.2) is 34.1 Å². The zero-order valence-electron chi connectivity index (χ0n) is 14.0. The maximum Gasteiger partial charge on any atom is 0.226 e. The van der Waals surface area contributed by atoms with E-state index in [0.29, 0.717) is 31.3 Å². The highest BCUT2D eigenvalue weighted by atomic mass is 19.1. The molecule has 24 heavy (non-hydrogen) atoms. The summed E-state index contributed by atoms with van der Waals surface area (Å²) in [6.07, 6.45) is 1.97. The molecule has 0 atom stereocenters. The second-order valence-electron chi connectivity index (χ2n) is 6.59. The monoisotopic (exact) mass is 331 g/mol. The van der Waals surface area contributed by atoms with Gasteiger partial charge in [0.2, 0.25) is 17.7 Å². The van der Waals surface area contributed by atoms with Crippen molar-refractivity contribution in [1.29, 1.82) is 0 Å². The van der Waals surface area contributed by atoms with Gasteiger partial charge in [-0.3, -0.25) is 4.79 Å². The zero-order chi connectivity index (χ0) is 17.1. The quantitative estimate of drug-likeness (QED) is 0.863. The molecule has 3 rings (SSSR count). The number of hydrogen-bond donors (Lipinski definition) is 0. The number of benzene rings is 1. The van der Waals surface area contributed by atoms with Gasteiger partial charge in [-0.2, -0.15) is 0 Å². The average Bonchev–Trinajstić information content (AvgIpc) is 3.07. The number of carbonyl (C=O) groups excluding carboxylic acids is 1. The van der Waals surface area contributed by atoms with Crippen LogP contribution in [0.4, 0.5) is 4.39 Å². The molecule has 0 radical (unpaired) electrons. The van der Waals surface area contributed by atoms with E-state index in [4.69, 9.17) is 4.42 Å². The summed E-state index contributed by atoms with van der Waals surface area (Å²) < 4.78 is 18.6. The average molecular weight is 331 g/mol. The molecule has 6 heteroatoms. The number of hydrogen-bond acceptors (Lipinski definition) is 4. The van der Waals surface area contributed by atoms with Crippen LogP contribution in [0.15, 0.2) is 28.7 Å². The Morgan fingerprint density at radius 1 is 1.25 bits per heavy atom. The molecule has 0 bridgehead atoms. The van der Waals surface area contributed by atoms with Gasteiger partial charge in [-0.15, -0.1) is 10.2 Å². The van der Waals surface area contributed by atoms with E-state index < -0.39 is 0 Å². The molecule has 2 heterocycles. The lowest BCUT2D eigenvalue weighted by Gasteiger charge is -2.30. The number of piperidine rings is 1. The number of likely N-dealkylation sites (tertiary alicyclic amines) is 1. The van der Waals surface area contributed by atoms with Gasteiger partial charge < -0.3 is 9.32 Å². The lowest BCUT2D eigenvalue weighted by Crippen LogP contribution is -2.38. The van der Waals surface area contributed by atoms with Crippen molar-refractivity contribution in [2.45, 2.75) is 44.9 Å². The highest BCUT2D eigenvalue weighted by molar-refractivity contribution is 5.78. The summed E-state index contributed by atoms with van der Waals surface area (Å²) in [5.41, 5.74) is 0.835. The van der Waals surface area contributed by atoms with Crippen molar-refractivity contribution in [2.24, 2.45) is 0 Å². The van der Waals surface area contributed by atoms with Crippen LogP contribution in [0, 0.1) is 5.82 Å². The van der Waals surface area contributed by atoms with Crippen molar-refractivity contribution in [3.63, 3.8) is 0 Å². The summed E-state index contributed by atoms with van der Waals surface area (Å²) in [6.45, 7) is 5.41. The van der Waals surface area contributed by atoms with Gasteiger partial charge in [0.15, 0.2) is 0 Å². The summed E-state index contributed by atoms with van der Waals surface area (Å²) in [7, 11) is 0. The number of aromatic nitrogens is 2. The molecule has 1 saturated heterocycles. The number of nitrogens with zero attached hydrogens (tertiary/aromatic N) is 3. The molecule has 0 aliphatic carbocycles. The Morgan fingerprint density at radius 3 is 2.50 bits per heavy atom. The maximum absolute atomic E-state index is 12.9. The molecule has 0 unspecified atom stereocenters. The molecule has 1 fully saturated rings. The highest BCUT2D eigenvalue weighted by Crippen LogP contribution is 2.28. The van der Waals surface area contributed by atoms with Crippen LogP contribution in [0.1, 0.15) is 55.9 Å². The third kappa shape index (κ3) is 3.80. The molecule has 1 aliphatic rings. The standard InChI is InChI=1S/C18H22FN3O2/c1-12(2)17-20-21-18(24-17)14-7-9-22(10-8-14)16(23)11-13-3-5-15(19)6-4-13/h3-6,12,14H,7-11H2,1-2H3. The highest BCUT2D eigenvalue weighted by Gasteiger charge is 2.27. The predicted octanol–water partition coefficient (Wildman–Crippen LogP) is 3.28. The van der Waals surface area contributed by atoms with Crippen LogP contribution in [0.5, 0.6) is 0 Å². The third-order valence-electron chi connectivity index (χ3n) is 4.42. The lowest BCUT2D eigenvalue weighted by atomic mass is 9.96. The first-order chi connectivity index (χ1) is 11.5. The van der Waals surface area contributed by atoms with Crippen molar-refractivity contribution < 1.29 is 13.6 Å². The van der Waals surface area contributed by atoms with Crippen molar-refractivity contribution in [3.8, 4) is 0 Å². The molecule has 1 aromatic heterocycles. The number of rotatable bonds is 4. The molecule has 0 spiro atoms. The van der Waals surface area contributed by atoms with E-state index in [0.717, 1.165) is 18.4 Å². The topological polar surface area (TPSA) is 59.2 Å². The van der Waals surface area contributed by atoms with E-state index in [1.54, 1.807) is 12.1 Å². The Kier molecular flexibility index (Phi) is 4.92. The fraction of sp³-hybridized carbons (Fsp3) is 0.500. The molecule has 5 nitrogen and oxygen atoms in total. The smallest absolute Gasteiger partial charge is 0.226 e. The van der Waals surface area contributed by atoms with Crippen molar-refractivity contribution in [1.82, 2.24) is 15.1 Å². The van der Waals surface area contributed by atoms with Gasteiger partial charge in [-0.1, -0.05) is 26.0 Å². The molecule has 0 saturated carbocycles. The van der Waals surface area contributed by atoms with Crippen LogP contribution in [0.2, 0.25) is 0 Å². The van der Waals surface area contributed by atoms with Gasteiger partial charge >= 0.3 is 0 Å². The van der Waals surface area contributed by atoms with Gasteiger partial charge in [-0.05, 0) is 30.5 Å². The molecule has 128 valence electrons. The Labute approximate surface area is 140 Å². The predicted molar refractivity (Wildman–Crippen MR) is 87.0 cm³/mol. The minimum atomic E-state index is -0.285. The van der Waals surface area contributed by atoms with Gasteiger partial charge in [0, 0.05) is 24.9 Å². The van der Waals surface area contributed by atoms with Crippen molar-refractivity contribution in [2.75, 3.05) is 13.1 Å². The van der Waals surface area contributed by atoms with Crippen LogP contribution < -0.4 is 0 Å². The first kappa shape index (κ1) is 16.6. The second-order valence-corrected chi connectivity index (χ2v) is 6.59. The first-order valence-corrected chi connectivity index (χ1v) is 8.38.